The smallest absolute Gasteiger partial charge is 0.385 e. The van der Waals surface area contributed by atoms with Gasteiger partial charge in [-0.1, -0.05) is 45.9 Å². The lowest BCUT2D eigenvalue weighted by atomic mass is 9.91. The number of aryl methyl sites for hydroxylation is 1. The van der Waals surface area contributed by atoms with Crippen LogP contribution in [0.15, 0.2) is 43.0 Å². The molecule has 2 aromatic carbocycles. The van der Waals surface area contributed by atoms with E-state index in [2.05, 4.69) is 42.0 Å². The van der Waals surface area contributed by atoms with Crippen LogP contribution in [0.25, 0.3) is 10.5 Å². The highest BCUT2D eigenvalue weighted by Gasteiger charge is 2.21. The zero-order valence-electron chi connectivity index (χ0n) is 14.4. The van der Waals surface area contributed by atoms with Crippen LogP contribution < -0.4 is 17.7 Å². The highest BCUT2D eigenvalue weighted by Crippen LogP contribution is 2.41. The van der Waals surface area contributed by atoms with E-state index in [0.29, 0.717) is 5.69 Å². The molecule has 23 heavy (non-hydrogen) atoms. The third-order valence-electron chi connectivity index (χ3n) is 3.21. The summed E-state index contributed by atoms with van der Waals surface area (Å²) in [6.07, 6.45) is 0. The van der Waals surface area contributed by atoms with Gasteiger partial charge >= 0.3 is 5.69 Å². The molecule has 3 rings (SSSR count). The molecule has 0 unspecified atom stereocenters. The molecule has 2 aromatic rings. The molecular weight excluding hydrogens is 306 g/mol. The van der Waals surface area contributed by atoms with Crippen LogP contribution in [-0.2, 0) is 0 Å². The number of fused-ring (bicyclic) bond motifs is 2. The molecule has 4 heteroatoms. The van der Waals surface area contributed by atoms with Gasteiger partial charge in [0.2, 0.25) is 5.39 Å². The molecule has 0 aromatic heterocycles. The normalized spacial score (nSPS) is 10.0. The minimum Gasteiger partial charge on any atom is -1.00 e. The second-order valence-corrected chi connectivity index (χ2v) is 4.48. The first kappa shape index (κ1) is 20.7. The fourth-order valence-corrected chi connectivity index (χ4v) is 2.26. The topological polar surface area (TPSA) is 40.2 Å². The highest BCUT2D eigenvalue weighted by molar-refractivity contribution is 5.97. The molecule has 0 amide bonds. The van der Waals surface area contributed by atoms with Crippen LogP contribution in [0.2, 0.25) is 0 Å². The fourth-order valence-electron chi connectivity index (χ4n) is 2.26. The Morgan fingerprint density at radius 1 is 0.913 bits per heavy atom. The maximum atomic E-state index is 8.84. The van der Waals surface area contributed by atoms with Gasteiger partial charge in [-0.25, -0.2) is 0 Å². The number of hydrogen-bond acceptors (Lipinski definition) is 2. The molecule has 1 heterocycles. The number of anilines is 2. The van der Waals surface area contributed by atoms with Crippen molar-refractivity contribution in [1.29, 1.82) is 5.39 Å². The van der Waals surface area contributed by atoms with Gasteiger partial charge in [-0.2, -0.15) is 0 Å². The number of diazo groups is 1. The molecule has 0 bridgehead atoms. The fraction of sp³-hybridized carbons (Fsp3) is 0.263. The summed E-state index contributed by atoms with van der Waals surface area (Å²) in [5.74, 6) is 0. The third-order valence-corrected chi connectivity index (χ3v) is 3.21. The quantitative estimate of drug-likeness (QED) is 0.639. The molecule has 0 saturated heterocycles. The number of nitrogens with zero attached hydrogens (tertiary/aromatic N) is 2. The number of nitrogens with one attached hydrogen (secondary N) is 1. The maximum absolute atomic E-state index is 8.84. The van der Waals surface area contributed by atoms with E-state index in [1.807, 2.05) is 39.8 Å². The predicted octanol–water partition coefficient (Wildman–Crippen LogP) is 3.65. The summed E-state index contributed by atoms with van der Waals surface area (Å²) >= 11 is 0. The Hall–Kier alpha value is -2.31. The van der Waals surface area contributed by atoms with E-state index in [1.165, 1.54) is 5.56 Å². The van der Waals surface area contributed by atoms with Crippen molar-refractivity contribution in [3.8, 4) is 0 Å². The number of halogens is 1. The van der Waals surface area contributed by atoms with Gasteiger partial charge in [-0.05, 0) is 30.7 Å². The van der Waals surface area contributed by atoms with Crippen molar-refractivity contribution in [3.63, 3.8) is 0 Å². The van der Waals surface area contributed by atoms with Crippen molar-refractivity contribution in [2.45, 2.75) is 34.6 Å². The summed E-state index contributed by atoms with van der Waals surface area (Å²) in [5, 5.41) is 12.2. The lowest BCUT2D eigenvalue weighted by Crippen LogP contribution is -3.00. The van der Waals surface area contributed by atoms with Crippen LogP contribution in [-0.4, -0.2) is 0 Å². The molecule has 1 aliphatic heterocycles. The van der Waals surface area contributed by atoms with E-state index in [4.69, 9.17) is 5.39 Å². The van der Waals surface area contributed by atoms with E-state index in [9.17, 15) is 0 Å². The standard InChI is InChI=1S/C15H12N3.2C2H6.ClH/c1-9-3-5-14-12(7-9)10(2)13-8-11(18-16)4-6-15(13)17-14;2*1-2;/h3-8,17H,2H2,1H3;2*1-2H3;1H/q+1;;;/p-1. The van der Waals surface area contributed by atoms with E-state index in [0.717, 1.165) is 28.1 Å². The SMILES string of the molecule is C=C1c2cc(C)ccc2Nc2ccc([N+]#N)cc21.CC.CC.[Cl-]. The summed E-state index contributed by atoms with van der Waals surface area (Å²) in [6, 6.07) is 11.7. The summed E-state index contributed by atoms with van der Waals surface area (Å²) in [4.78, 5) is 3.22. The monoisotopic (exact) mass is 329 g/mol. The molecule has 1 N–H and O–H groups in total. The first-order chi connectivity index (χ1) is 10.7. The van der Waals surface area contributed by atoms with Gasteiger partial charge in [-0.15, -0.1) is 0 Å². The Labute approximate surface area is 145 Å². The summed E-state index contributed by atoms with van der Waals surface area (Å²) in [5.41, 5.74) is 6.81. The van der Waals surface area contributed by atoms with Crippen molar-refractivity contribution in [3.05, 3.63) is 64.6 Å². The average Bonchev–Trinajstić information content (AvgIpc) is 2.59. The molecular formula is C19H24ClN3. The average molecular weight is 330 g/mol. The van der Waals surface area contributed by atoms with Crippen molar-refractivity contribution in [2.75, 3.05) is 5.32 Å². The van der Waals surface area contributed by atoms with Crippen LogP contribution in [0.1, 0.15) is 44.4 Å². The minimum atomic E-state index is 0. The number of hydrogen-bond donors (Lipinski definition) is 1. The maximum Gasteiger partial charge on any atom is 0.385 e. The Morgan fingerprint density at radius 2 is 1.43 bits per heavy atom. The van der Waals surface area contributed by atoms with E-state index >= 15 is 0 Å². The highest BCUT2D eigenvalue weighted by atomic mass is 35.5. The summed E-state index contributed by atoms with van der Waals surface area (Å²) in [7, 11) is 0. The Kier molecular flexibility index (Phi) is 8.69. The third kappa shape index (κ3) is 4.34. The van der Waals surface area contributed by atoms with Crippen molar-refractivity contribution >= 4 is 22.6 Å². The Bertz CT molecular complexity index is 715. The van der Waals surface area contributed by atoms with Gasteiger partial charge in [0.1, 0.15) is 0 Å². The van der Waals surface area contributed by atoms with Gasteiger partial charge in [0.25, 0.3) is 0 Å². The van der Waals surface area contributed by atoms with Gasteiger partial charge in [0.15, 0.2) is 4.98 Å². The molecule has 0 atom stereocenters. The van der Waals surface area contributed by atoms with Gasteiger partial charge in [0.05, 0.1) is 0 Å². The Balaban J connectivity index is 0.000000901. The lowest BCUT2D eigenvalue weighted by molar-refractivity contribution is -0.00000492. The number of benzene rings is 2. The molecule has 0 spiro atoms. The largest absolute Gasteiger partial charge is 1.00 e. The second-order valence-electron chi connectivity index (χ2n) is 4.48. The van der Waals surface area contributed by atoms with Crippen molar-refractivity contribution in [1.82, 2.24) is 0 Å². The first-order valence-electron chi connectivity index (χ1n) is 7.75. The zero-order valence-corrected chi connectivity index (χ0v) is 15.2. The molecule has 0 aliphatic carbocycles. The lowest BCUT2D eigenvalue weighted by Gasteiger charge is -2.23. The van der Waals surface area contributed by atoms with E-state index < -0.39 is 0 Å². The minimum absolute atomic E-state index is 0. The van der Waals surface area contributed by atoms with Gasteiger partial charge < -0.3 is 17.7 Å². The first-order valence-corrected chi connectivity index (χ1v) is 7.75. The summed E-state index contributed by atoms with van der Waals surface area (Å²) < 4.78 is 0. The van der Waals surface area contributed by atoms with Gasteiger partial charge in [0, 0.05) is 34.6 Å². The molecule has 0 radical (unpaired) electrons. The second kappa shape index (κ2) is 9.66. The van der Waals surface area contributed by atoms with Crippen molar-refractivity contribution < 1.29 is 12.4 Å². The molecule has 0 saturated carbocycles. The molecule has 122 valence electrons. The van der Waals surface area contributed by atoms with Crippen molar-refractivity contribution in [2.24, 2.45) is 0 Å². The van der Waals surface area contributed by atoms with Gasteiger partial charge in [-0.3, -0.25) is 0 Å². The van der Waals surface area contributed by atoms with Crippen LogP contribution >= 0.6 is 0 Å². The molecule has 0 fully saturated rings. The van der Waals surface area contributed by atoms with E-state index in [1.54, 1.807) is 6.07 Å². The number of rotatable bonds is 0. The van der Waals surface area contributed by atoms with Crippen LogP contribution in [0, 0.1) is 12.3 Å². The van der Waals surface area contributed by atoms with Crippen LogP contribution in [0.5, 0.6) is 0 Å². The summed E-state index contributed by atoms with van der Waals surface area (Å²) in [6.45, 7) is 14.2. The Morgan fingerprint density at radius 3 is 2.00 bits per heavy atom. The molecule has 3 nitrogen and oxygen atoms in total. The molecule has 1 aliphatic rings. The van der Waals surface area contributed by atoms with E-state index in [-0.39, 0.29) is 12.4 Å². The zero-order chi connectivity index (χ0) is 16.7. The van der Waals surface area contributed by atoms with Crippen LogP contribution in [0.3, 0.4) is 0 Å². The van der Waals surface area contributed by atoms with Crippen LogP contribution in [0.4, 0.5) is 17.1 Å². The predicted molar refractivity (Wildman–Crippen MR) is 96.5 cm³/mol.